The van der Waals surface area contributed by atoms with Gasteiger partial charge in [0.15, 0.2) is 11.6 Å². The smallest absolute Gasteiger partial charge is 0.276 e. The Morgan fingerprint density at radius 3 is 2.44 bits per heavy atom. The summed E-state index contributed by atoms with van der Waals surface area (Å²) in [7, 11) is 1.90. The third-order valence-corrected chi connectivity index (χ3v) is 8.36. The topological polar surface area (TPSA) is 101 Å². The van der Waals surface area contributed by atoms with Crippen molar-refractivity contribution >= 4 is 23.0 Å². The number of para-hydroxylation sites is 1. The van der Waals surface area contributed by atoms with E-state index in [9.17, 15) is 18.4 Å². The number of hydrogen-bond donors (Lipinski definition) is 3. The molecule has 1 saturated carbocycles. The van der Waals surface area contributed by atoms with Crippen molar-refractivity contribution in [1.82, 2.24) is 15.1 Å². The molecule has 1 aliphatic carbocycles. The number of carbonyl (C=O) groups excluding carboxylic acids is 1. The standard InChI is InChI=1S/C30H34F2N6O3/c1-33-17-20-23(34-19-9-15-41-16-10-19)5-6-24(27(20)37-14-13-30(18-37)11-12-30)35-29(40)25-7-8-26(39)38(36-25)28-21(31)3-2-4-22(28)32/h2-8,19,33-34H,9-18H2,1H3,(H,35,40). The molecule has 216 valence electrons. The molecule has 1 amide bonds. The first-order chi connectivity index (χ1) is 19.9. The summed E-state index contributed by atoms with van der Waals surface area (Å²) in [6.07, 6.45) is 5.38. The van der Waals surface area contributed by atoms with Gasteiger partial charge >= 0.3 is 0 Å². The van der Waals surface area contributed by atoms with E-state index >= 15 is 0 Å². The molecule has 0 unspecified atom stereocenters. The van der Waals surface area contributed by atoms with Gasteiger partial charge in [0.2, 0.25) is 0 Å². The van der Waals surface area contributed by atoms with Gasteiger partial charge < -0.3 is 25.6 Å². The van der Waals surface area contributed by atoms with Crippen molar-refractivity contribution in [3.05, 3.63) is 75.7 Å². The predicted molar refractivity (Wildman–Crippen MR) is 153 cm³/mol. The Morgan fingerprint density at radius 1 is 1.02 bits per heavy atom. The molecule has 2 aromatic carbocycles. The summed E-state index contributed by atoms with van der Waals surface area (Å²) in [5.41, 5.74) is 2.46. The second kappa shape index (κ2) is 11.2. The second-order valence-corrected chi connectivity index (χ2v) is 11.2. The first-order valence-electron chi connectivity index (χ1n) is 14.1. The Kier molecular flexibility index (Phi) is 7.48. The molecular formula is C30H34F2N6O3. The van der Waals surface area contributed by atoms with Crippen LogP contribution >= 0.6 is 0 Å². The number of ether oxygens (including phenoxy) is 1. The minimum Gasteiger partial charge on any atom is -0.382 e. The molecule has 1 aromatic heterocycles. The van der Waals surface area contributed by atoms with Crippen LogP contribution in [-0.2, 0) is 11.3 Å². The molecule has 1 spiro atoms. The minimum absolute atomic E-state index is 0.141. The Hall–Kier alpha value is -3.83. The minimum atomic E-state index is -0.952. The first-order valence-corrected chi connectivity index (χ1v) is 14.1. The average molecular weight is 565 g/mol. The molecule has 3 aromatic rings. The summed E-state index contributed by atoms with van der Waals surface area (Å²) in [5, 5.41) is 14.0. The van der Waals surface area contributed by atoms with Crippen molar-refractivity contribution in [2.75, 3.05) is 48.9 Å². The van der Waals surface area contributed by atoms with Crippen LogP contribution in [0.4, 0.5) is 25.8 Å². The Labute approximate surface area is 236 Å². The number of anilines is 3. The van der Waals surface area contributed by atoms with Crippen molar-refractivity contribution in [3.63, 3.8) is 0 Å². The fourth-order valence-corrected chi connectivity index (χ4v) is 5.93. The van der Waals surface area contributed by atoms with E-state index in [-0.39, 0.29) is 5.69 Å². The highest BCUT2D eigenvalue weighted by atomic mass is 19.1. The van der Waals surface area contributed by atoms with Gasteiger partial charge in [-0.25, -0.2) is 8.78 Å². The van der Waals surface area contributed by atoms with Gasteiger partial charge in [-0.3, -0.25) is 9.59 Å². The van der Waals surface area contributed by atoms with Crippen molar-refractivity contribution in [2.24, 2.45) is 5.41 Å². The number of rotatable bonds is 8. The average Bonchev–Trinajstić information content (AvgIpc) is 3.60. The molecule has 3 N–H and O–H groups in total. The SMILES string of the molecule is CNCc1c(NC2CCOCC2)ccc(NC(=O)c2ccc(=O)n(-c3c(F)cccc3F)n2)c1N1CCC2(CC2)C1. The van der Waals surface area contributed by atoms with Gasteiger partial charge in [-0.1, -0.05) is 6.07 Å². The molecule has 41 heavy (non-hydrogen) atoms. The fraction of sp³-hybridized carbons (Fsp3) is 0.433. The number of amides is 1. The highest BCUT2D eigenvalue weighted by Gasteiger charge is 2.48. The maximum atomic E-state index is 14.4. The number of hydrogen-bond acceptors (Lipinski definition) is 7. The highest BCUT2D eigenvalue weighted by Crippen LogP contribution is 2.54. The van der Waals surface area contributed by atoms with Crippen molar-refractivity contribution < 1.29 is 18.3 Å². The lowest BCUT2D eigenvalue weighted by molar-refractivity contribution is 0.0904. The normalized spacial score (nSPS) is 18.1. The Balaban J connectivity index is 1.36. The lowest BCUT2D eigenvalue weighted by Crippen LogP contribution is -2.30. The summed E-state index contributed by atoms with van der Waals surface area (Å²) in [4.78, 5) is 28.3. The van der Waals surface area contributed by atoms with E-state index < -0.39 is 28.8 Å². The zero-order valence-corrected chi connectivity index (χ0v) is 23.0. The van der Waals surface area contributed by atoms with Gasteiger partial charge in [0, 0.05) is 56.2 Å². The van der Waals surface area contributed by atoms with Gasteiger partial charge in [-0.15, -0.1) is 0 Å². The number of aromatic nitrogens is 2. The van der Waals surface area contributed by atoms with Crippen LogP contribution in [0.2, 0.25) is 0 Å². The summed E-state index contributed by atoms with van der Waals surface area (Å²) in [5.74, 6) is -2.49. The number of carbonyl (C=O) groups is 1. The maximum Gasteiger partial charge on any atom is 0.276 e. The molecule has 9 nitrogen and oxygen atoms in total. The fourth-order valence-electron chi connectivity index (χ4n) is 5.93. The van der Waals surface area contributed by atoms with Gasteiger partial charge in [-0.05, 0) is 74.9 Å². The molecule has 2 saturated heterocycles. The van der Waals surface area contributed by atoms with Gasteiger partial charge in [0.05, 0.1) is 11.4 Å². The van der Waals surface area contributed by atoms with E-state index in [1.165, 1.54) is 25.0 Å². The Morgan fingerprint density at radius 2 is 1.76 bits per heavy atom. The van der Waals surface area contributed by atoms with Crippen LogP contribution in [0.5, 0.6) is 0 Å². The first kappa shape index (κ1) is 27.3. The van der Waals surface area contributed by atoms with Crippen LogP contribution in [0.3, 0.4) is 0 Å². The van der Waals surface area contributed by atoms with Crippen LogP contribution in [0.1, 0.15) is 48.2 Å². The van der Waals surface area contributed by atoms with Crippen molar-refractivity contribution in [1.29, 1.82) is 0 Å². The van der Waals surface area contributed by atoms with E-state index in [4.69, 9.17) is 4.74 Å². The maximum absolute atomic E-state index is 14.4. The molecule has 0 bridgehead atoms. The summed E-state index contributed by atoms with van der Waals surface area (Å²) in [6.45, 7) is 3.84. The number of nitrogens with zero attached hydrogens (tertiary/aromatic N) is 3. The van der Waals surface area contributed by atoms with E-state index in [2.05, 4.69) is 25.9 Å². The third-order valence-electron chi connectivity index (χ3n) is 8.36. The van der Waals surface area contributed by atoms with Gasteiger partial charge in [0.25, 0.3) is 11.5 Å². The van der Waals surface area contributed by atoms with Crippen LogP contribution in [0, 0.1) is 17.0 Å². The summed E-state index contributed by atoms with van der Waals surface area (Å²) >= 11 is 0. The number of halogens is 2. The van der Waals surface area contributed by atoms with Crippen LogP contribution in [0.15, 0.2) is 47.3 Å². The van der Waals surface area contributed by atoms with Crippen molar-refractivity contribution in [2.45, 2.75) is 44.7 Å². The highest BCUT2D eigenvalue weighted by molar-refractivity contribution is 6.05. The predicted octanol–water partition coefficient (Wildman–Crippen LogP) is 4.06. The van der Waals surface area contributed by atoms with Crippen molar-refractivity contribution in [3.8, 4) is 5.69 Å². The number of benzene rings is 2. The van der Waals surface area contributed by atoms with E-state index in [1.54, 1.807) is 0 Å². The van der Waals surface area contributed by atoms with E-state index in [1.807, 2.05) is 19.2 Å². The largest absolute Gasteiger partial charge is 0.382 e. The molecule has 3 heterocycles. The second-order valence-electron chi connectivity index (χ2n) is 11.2. The molecule has 0 radical (unpaired) electrons. The molecule has 3 fully saturated rings. The Bertz CT molecular complexity index is 1500. The molecule has 6 rings (SSSR count). The lowest BCUT2D eigenvalue weighted by Gasteiger charge is -2.30. The summed E-state index contributed by atoms with van der Waals surface area (Å²) < 4.78 is 35.0. The molecule has 11 heteroatoms. The van der Waals surface area contributed by atoms with Crippen LogP contribution in [0.25, 0.3) is 5.69 Å². The third kappa shape index (κ3) is 5.56. The molecule has 2 aliphatic heterocycles. The van der Waals surface area contributed by atoms with Gasteiger partial charge in [0.1, 0.15) is 11.4 Å². The van der Waals surface area contributed by atoms with Gasteiger partial charge in [-0.2, -0.15) is 9.78 Å². The lowest BCUT2D eigenvalue weighted by atomic mass is 10.0. The zero-order valence-electron chi connectivity index (χ0n) is 23.0. The molecule has 3 aliphatic rings. The zero-order chi connectivity index (χ0) is 28.6. The quantitative estimate of drug-likeness (QED) is 0.379. The molecular weight excluding hydrogens is 530 g/mol. The molecule has 0 atom stereocenters. The van der Waals surface area contributed by atoms with E-state index in [0.29, 0.717) is 28.4 Å². The van der Waals surface area contributed by atoms with Crippen LogP contribution in [-0.4, -0.2) is 55.1 Å². The van der Waals surface area contributed by atoms with Crippen LogP contribution < -0.4 is 26.4 Å². The van der Waals surface area contributed by atoms with E-state index in [0.717, 1.165) is 80.7 Å². The summed E-state index contributed by atoms with van der Waals surface area (Å²) in [6, 6.07) is 9.78. The monoisotopic (exact) mass is 564 g/mol. The number of nitrogens with one attached hydrogen (secondary N) is 3.